The summed E-state index contributed by atoms with van der Waals surface area (Å²) in [5, 5.41) is 11.0. The Hall–Kier alpha value is -3.23. The fourth-order valence-electron chi connectivity index (χ4n) is 2.21. The number of carboxylic acid groups (broad SMARTS) is 1. The number of benzene rings is 2. The van der Waals surface area contributed by atoms with Gasteiger partial charge in [0.15, 0.2) is 6.61 Å². The molecule has 9 heteroatoms. The van der Waals surface area contributed by atoms with Gasteiger partial charge in [0, 0.05) is 12.1 Å². The second-order valence-electron chi connectivity index (χ2n) is 5.70. The third-order valence-corrected chi connectivity index (χ3v) is 3.49. The number of carbonyl (C=O) groups is 2. The topological polar surface area (TPSA) is 84.9 Å². The van der Waals surface area contributed by atoms with Crippen molar-refractivity contribution in [3.05, 3.63) is 54.1 Å². The van der Waals surface area contributed by atoms with Crippen molar-refractivity contribution in [2.45, 2.75) is 19.0 Å². The number of amides is 1. The second kappa shape index (κ2) is 9.63. The minimum absolute atomic E-state index is 0.00556. The van der Waals surface area contributed by atoms with Crippen LogP contribution in [0.5, 0.6) is 11.5 Å². The summed E-state index contributed by atoms with van der Waals surface area (Å²) in [5.41, 5.74) is -0.539. The van der Waals surface area contributed by atoms with Crippen LogP contribution in [0.1, 0.15) is 18.4 Å². The standard InChI is InChI=1S/C19H18F3NO5/c20-19(21,22)15-4-1-2-5-16(15)28-12-17(24)23-13-7-9-14(10-8-13)27-11-3-6-18(25)26/h1-2,4-5,7-10H,3,6,11-12H2,(H,23,24)(H,25,26). The Morgan fingerprint density at radius 2 is 1.68 bits per heavy atom. The number of halogens is 3. The lowest BCUT2D eigenvalue weighted by molar-refractivity contribution is -0.139. The molecule has 2 aromatic carbocycles. The summed E-state index contributed by atoms with van der Waals surface area (Å²) in [6.45, 7) is -0.342. The Kier molecular flexibility index (Phi) is 7.25. The third-order valence-electron chi connectivity index (χ3n) is 3.49. The van der Waals surface area contributed by atoms with Crippen LogP contribution in [-0.2, 0) is 15.8 Å². The van der Waals surface area contributed by atoms with E-state index in [0.29, 0.717) is 17.9 Å². The van der Waals surface area contributed by atoms with Crippen molar-refractivity contribution in [2.24, 2.45) is 0 Å². The quantitative estimate of drug-likeness (QED) is 0.626. The monoisotopic (exact) mass is 397 g/mol. The Bertz CT molecular complexity index is 806. The molecule has 0 aliphatic carbocycles. The first-order chi connectivity index (χ1) is 13.3. The molecule has 6 nitrogen and oxygen atoms in total. The molecule has 0 spiro atoms. The highest BCUT2D eigenvalue weighted by atomic mass is 19.4. The minimum atomic E-state index is -4.58. The average molecular weight is 397 g/mol. The number of hydrogen-bond acceptors (Lipinski definition) is 4. The molecule has 0 bridgehead atoms. The fourth-order valence-corrected chi connectivity index (χ4v) is 2.21. The molecule has 0 aromatic heterocycles. The first kappa shape index (κ1) is 21.1. The van der Waals surface area contributed by atoms with E-state index in [0.717, 1.165) is 12.1 Å². The summed E-state index contributed by atoms with van der Waals surface area (Å²) in [4.78, 5) is 22.3. The van der Waals surface area contributed by atoms with Crippen LogP contribution in [0.2, 0.25) is 0 Å². The smallest absolute Gasteiger partial charge is 0.419 e. The number of ether oxygens (including phenoxy) is 2. The van der Waals surface area contributed by atoms with Crippen molar-refractivity contribution in [1.82, 2.24) is 0 Å². The molecule has 2 rings (SSSR count). The molecule has 0 unspecified atom stereocenters. The maximum Gasteiger partial charge on any atom is 0.419 e. The summed E-state index contributed by atoms with van der Waals surface area (Å²) >= 11 is 0. The summed E-state index contributed by atoms with van der Waals surface area (Å²) in [5.74, 6) is -1.44. The first-order valence-corrected chi connectivity index (χ1v) is 8.29. The summed E-state index contributed by atoms with van der Waals surface area (Å²) in [7, 11) is 0. The number of carboxylic acids is 1. The van der Waals surface area contributed by atoms with Gasteiger partial charge in [0.05, 0.1) is 12.2 Å². The fraction of sp³-hybridized carbons (Fsp3) is 0.263. The predicted octanol–water partition coefficient (Wildman–Crippen LogP) is 3.97. The molecule has 0 fully saturated rings. The number of nitrogens with one attached hydrogen (secondary N) is 1. The van der Waals surface area contributed by atoms with Crippen LogP contribution in [0.3, 0.4) is 0 Å². The molecular formula is C19H18F3NO5. The molecule has 0 saturated carbocycles. The maximum absolute atomic E-state index is 12.9. The molecule has 2 N–H and O–H groups in total. The minimum Gasteiger partial charge on any atom is -0.494 e. The van der Waals surface area contributed by atoms with Crippen LogP contribution in [0.15, 0.2) is 48.5 Å². The summed E-state index contributed by atoms with van der Waals surface area (Å²) in [6, 6.07) is 10.9. The molecule has 1 amide bonds. The predicted molar refractivity (Wildman–Crippen MR) is 94.4 cm³/mol. The highest BCUT2D eigenvalue weighted by Crippen LogP contribution is 2.35. The lowest BCUT2D eigenvalue weighted by Crippen LogP contribution is -2.21. The van der Waals surface area contributed by atoms with Gasteiger partial charge in [0.25, 0.3) is 5.91 Å². The SMILES string of the molecule is O=C(O)CCCOc1ccc(NC(=O)COc2ccccc2C(F)(F)F)cc1. The van der Waals surface area contributed by atoms with E-state index in [1.54, 1.807) is 24.3 Å². The van der Waals surface area contributed by atoms with Crippen LogP contribution in [0.25, 0.3) is 0 Å². The Morgan fingerprint density at radius 3 is 2.32 bits per heavy atom. The molecule has 150 valence electrons. The third kappa shape index (κ3) is 6.82. The van der Waals surface area contributed by atoms with E-state index in [1.807, 2.05) is 0 Å². The van der Waals surface area contributed by atoms with E-state index in [4.69, 9.17) is 14.6 Å². The van der Waals surface area contributed by atoms with Gasteiger partial charge in [0.2, 0.25) is 0 Å². The normalized spacial score (nSPS) is 11.0. The summed E-state index contributed by atoms with van der Waals surface area (Å²) < 4.78 is 49.0. The maximum atomic E-state index is 12.9. The van der Waals surface area contributed by atoms with Crippen LogP contribution < -0.4 is 14.8 Å². The molecule has 28 heavy (non-hydrogen) atoms. The van der Waals surface area contributed by atoms with Gasteiger partial charge in [-0.3, -0.25) is 9.59 Å². The Morgan fingerprint density at radius 1 is 1.00 bits per heavy atom. The van der Waals surface area contributed by atoms with E-state index in [9.17, 15) is 22.8 Å². The molecule has 2 aromatic rings. The van der Waals surface area contributed by atoms with Gasteiger partial charge >= 0.3 is 12.1 Å². The zero-order valence-corrected chi connectivity index (χ0v) is 14.7. The molecule has 0 atom stereocenters. The van der Waals surface area contributed by atoms with Gasteiger partial charge in [-0.15, -0.1) is 0 Å². The molecule has 0 saturated heterocycles. The lowest BCUT2D eigenvalue weighted by Gasteiger charge is -2.13. The number of alkyl halides is 3. The van der Waals surface area contributed by atoms with Crippen molar-refractivity contribution in [3.63, 3.8) is 0 Å². The van der Waals surface area contributed by atoms with Gasteiger partial charge in [-0.05, 0) is 42.8 Å². The van der Waals surface area contributed by atoms with Crippen LogP contribution >= 0.6 is 0 Å². The van der Waals surface area contributed by atoms with Gasteiger partial charge in [-0.25, -0.2) is 0 Å². The number of hydrogen-bond donors (Lipinski definition) is 2. The van der Waals surface area contributed by atoms with Crippen molar-refractivity contribution >= 4 is 17.6 Å². The second-order valence-corrected chi connectivity index (χ2v) is 5.70. The molecular weight excluding hydrogens is 379 g/mol. The van der Waals surface area contributed by atoms with Gasteiger partial charge in [0.1, 0.15) is 11.5 Å². The molecule has 0 radical (unpaired) electrons. The summed E-state index contributed by atoms with van der Waals surface area (Å²) in [6.07, 6.45) is -4.20. The van der Waals surface area contributed by atoms with Crippen LogP contribution in [0.4, 0.5) is 18.9 Å². The number of para-hydroxylation sites is 1. The van der Waals surface area contributed by atoms with Gasteiger partial charge in [-0.1, -0.05) is 12.1 Å². The number of rotatable bonds is 9. The highest BCUT2D eigenvalue weighted by Gasteiger charge is 2.34. The van der Waals surface area contributed by atoms with Gasteiger partial charge in [-0.2, -0.15) is 13.2 Å². The van der Waals surface area contributed by atoms with Crippen molar-refractivity contribution < 1.29 is 37.3 Å². The zero-order valence-electron chi connectivity index (χ0n) is 14.7. The Balaban J connectivity index is 1.83. The number of anilines is 1. The van der Waals surface area contributed by atoms with E-state index >= 15 is 0 Å². The lowest BCUT2D eigenvalue weighted by atomic mass is 10.2. The zero-order chi connectivity index (χ0) is 20.6. The Labute approximate surface area is 158 Å². The van der Waals surface area contributed by atoms with Crippen molar-refractivity contribution in [3.8, 4) is 11.5 Å². The number of aliphatic carboxylic acids is 1. The molecule has 0 heterocycles. The van der Waals surface area contributed by atoms with Crippen LogP contribution in [0, 0.1) is 0 Å². The van der Waals surface area contributed by atoms with Crippen LogP contribution in [-0.4, -0.2) is 30.2 Å². The van der Waals surface area contributed by atoms with Crippen molar-refractivity contribution in [1.29, 1.82) is 0 Å². The largest absolute Gasteiger partial charge is 0.494 e. The van der Waals surface area contributed by atoms with E-state index in [1.165, 1.54) is 12.1 Å². The molecule has 0 aliphatic heterocycles. The molecule has 0 aliphatic rings. The first-order valence-electron chi connectivity index (χ1n) is 8.29. The van der Waals surface area contributed by atoms with Gasteiger partial charge < -0.3 is 19.9 Å². The van der Waals surface area contributed by atoms with E-state index in [-0.39, 0.29) is 13.0 Å². The average Bonchev–Trinajstić information content (AvgIpc) is 2.64. The number of carbonyl (C=O) groups excluding carboxylic acids is 1. The van der Waals surface area contributed by atoms with E-state index in [2.05, 4.69) is 5.32 Å². The van der Waals surface area contributed by atoms with E-state index < -0.39 is 36.0 Å². The highest BCUT2D eigenvalue weighted by molar-refractivity contribution is 5.91. The van der Waals surface area contributed by atoms with Crippen molar-refractivity contribution in [2.75, 3.05) is 18.5 Å².